The summed E-state index contributed by atoms with van der Waals surface area (Å²) in [5, 5.41) is 17.7. The zero-order valence-electron chi connectivity index (χ0n) is 13.9. The minimum Gasteiger partial charge on any atom is -0.339 e. The summed E-state index contributed by atoms with van der Waals surface area (Å²) < 4.78 is 3.16. The third-order valence-electron chi connectivity index (χ3n) is 4.52. The molecule has 1 aromatic heterocycles. The Morgan fingerprint density at radius 3 is 2.60 bits per heavy atom. The lowest BCUT2D eigenvalue weighted by molar-refractivity contribution is 0.696. The predicted molar refractivity (Wildman–Crippen MR) is 100 cm³/mol. The van der Waals surface area contributed by atoms with Crippen LogP contribution >= 0.6 is 15.9 Å². The SMILES string of the molecule is Cc1nnc2n1-c1ccc(Br)cc1N(c1ccc(C#N)cc1)CC2C. The number of nitriles is 1. The van der Waals surface area contributed by atoms with Crippen LogP contribution in [-0.2, 0) is 0 Å². The fourth-order valence-electron chi connectivity index (χ4n) is 3.31. The number of halogens is 1. The van der Waals surface area contributed by atoms with Crippen molar-refractivity contribution in [3.05, 3.63) is 64.1 Å². The van der Waals surface area contributed by atoms with E-state index < -0.39 is 0 Å². The van der Waals surface area contributed by atoms with Gasteiger partial charge in [-0.1, -0.05) is 22.9 Å². The number of aromatic nitrogens is 3. The molecule has 0 aliphatic carbocycles. The van der Waals surface area contributed by atoms with Crippen LogP contribution in [0, 0.1) is 18.3 Å². The van der Waals surface area contributed by atoms with Crippen molar-refractivity contribution in [1.82, 2.24) is 14.8 Å². The van der Waals surface area contributed by atoms with Crippen LogP contribution in [0.3, 0.4) is 0 Å². The lowest BCUT2D eigenvalue weighted by atomic mass is 10.1. The lowest BCUT2D eigenvalue weighted by Crippen LogP contribution is -2.21. The molecule has 4 rings (SSSR count). The fraction of sp³-hybridized carbons (Fsp3) is 0.211. The Morgan fingerprint density at radius 1 is 1.12 bits per heavy atom. The number of anilines is 2. The zero-order valence-corrected chi connectivity index (χ0v) is 15.5. The smallest absolute Gasteiger partial charge is 0.142 e. The Hall–Kier alpha value is -2.65. The molecular weight excluding hydrogens is 378 g/mol. The van der Waals surface area contributed by atoms with Crippen LogP contribution in [0.25, 0.3) is 5.69 Å². The number of hydrogen-bond donors (Lipinski definition) is 0. The summed E-state index contributed by atoms with van der Waals surface area (Å²) in [7, 11) is 0. The summed E-state index contributed by atoms with van der Waals surface area (Å²) >= 11 is 3.59. The van der Waals surface area contributed by atoms with Crippen molar-refractivity contribution in [2.75, 3.05) is 11.4 Å². The zero-order chi connectivity index (χ0) is 17.6. The van der Waals surface area contributed by atoms with Crippen molar-refractivity contribution < 1.29 is 0 Å². The van der Waals surface area contributed by atoms with Gasteiger partial charge in [0.1, 0.15) is 11.6 Å². The fourth-order valence-corrected chi connectivity index (χ4v) is 3.66. The monoisotopic (exact) mass is 393 g/mol. The van der Waals surface area contributed by atoms with Crippen molar-refractivity contribution in [3.63, 3.8) is 0 Å². The predicted octanol–water partition coefficient (Wildman–Crippen LogP) is 4.47. The first-order valence-corrected chi connectivity index (χ1v) is 8.87. The highest BCUT2D eigenvalue weighted by atomic mass is 79.9. The third-order valence-corrected chi connectivity index (χ3v) is 5.02. The van der Waals surface area contributed by atoms with Gasteiger partial charge in [0.15, 0.2) is 0 Å². The molecule has 1 unspecified atom stereocenters. The van der Waals surface area contributed by atoms with Crippen LogP contribution in [0.15, 0.2) is 46.9 Å². The van der Waals surface area contributed by atoms with Crippen LogP contribution in [0.2, 0.25) is 0 Å². The van der Waals surface area contributed by atoms with E-state index in [-0.39, 0.29) is 5.92 Å². The van der Waals surface area contributed by atoms with Crippen LogP contribution in [0.1, 0.15) is 30.1 Å². The molecule has 2 aromatic carbocycles. The van der Waals surface area contributed by atoms with Crippen molar-refractivity contribution in [2.45, 2.75) is 19.8 Å². The molecule has 1 atom stereocenters. The first kappa shape index (κ1) is 15.9. The van der Waals surface area contributed by atoms with E-state index in [4.69, 9.17) is 5.26 Å². The van der Waals surface area contributed by atoms with Gasteiger partial charge in [0, 0.05) is 22.6 Å². The van der Waals surface area contributed by atoms with E-state index in [1.165, 1.54) is 0 Å². The summed E-state index contributed by atoms with van der Waals surface area (Å²) in [6, 6.07) is 16.1. The number of hydrogen-bond acceptors (Lipinski definition) is 4. The summed E-state index contributed by atoms with van der Waals surface area (Å²) in [4.78, 5) is 2.28. The van der Waals surface area contributed by atoms with E-state index >= 15 is 0 Å². The van der Waals surface area contributed by atoms with Gasteiger partial charge in [0.05, 0.1) is 23.0 Å². The summed E-state index contributed by atoms with van der Waals surface area (Å²) in [6.45, 7) is 4.93. The largest absolute Gasteiger partial charge is 0.339 e. The van der Waals surface area contributed by atoms with Gasteiger partial charge >= 0.3 is 0 Å². The van der Waals surface area contributed by atoms with Crippen LogP contribution < -0.4 is 4.90 Å². The van der Waals surface area contributed by atoms with Gasteiger partial charge in [-0.3, -0.25) is 4.57 Å². The minimum absolute atomic E-state index is 0.211. The quantitative estimate of drug-likeness (QED) is 0.611. The van der Waals surface area contributed by atoms with Crippen molar-refractivity contribution in [2.24, 2.45) is 0 Å². The van der Waals surface area contributed by atoms with Gasteiger partial charge in [-0.05, 0) is 49.4 Å². The third kappa shape index (κ3) is 2.61. The Bertz CT molecular complexity index is 984. The first-order valence-electron chi connectivity index (χ1n) is 8.08. The second-order valence-electron chi connectivity index (χ2n) is 6.24. The van der Waals surface area contributed by atoms with Gasteiger partial charge in [-0.2, -0.15) is 5.26 Å². The molecule has 0 radical (unpaired) electrons. The van der Waals surface area contributed by atoms with Crippen molar-refractivity contribution >= 4 is 27.3 Å². The van der Waals surface area contributed by atoms with E-state index in [0.29, 0.717) is 5.56 Å². The van der Waals surface area contributed by atoms with E-state index in [2.05, 4.69) is 60.7 Å². The molecule has 0 amide bonds. The molecule has 0 bridgehead atoms. The lowest BCUT2D eigenvalue weighted by Gasteiger charge is -2.26. The summed E-state index contributed by atoms with van der Waals surface area (Å²) in [5.74, 6) is 2.06. The maximum atomic E-state index is 9.05. The number of fused-ring (bicyclic) bond motifs is 3. The summed E-state index contributed by atoms with van der Waals surface area (Å²) in [6.07, 6.45) is 0. The molecule has 0 saturated heterocycles. The molecule has 25 heavy (non-hydrogen) atoms. The molecule has 1 aliphatic heterocycles. The topological polar surface area (TPSA) is 57.7 Å². The van der Waals surface area contributed by atoms with E-state index in [9.17, 15) is 0 Å². The molecular formula is C19H16BrN5. The van der Waals surface area contributed by atoms with E-state index in [1.807, 2.05) is 37.3 Å². The Balaban J connectivity index is 1.93. The van der Waals surface area contributed by atoms with Crippen molar-refractivity contribution in [3.8, 4) is 11.8 Å². The molecule has 0 N–H and O–H groups in total. The normalized spacial score (nSPS) is 15.9. The molecule has 1 aliphatic rings. The average molecular weight is 394 g/mol. The average Bonchev–Trinajstić information content (AvgIpc) is 2.95. The summed E-state index contributed by atoms with van der Waals surface area (Å²) in [5.41, 5.74) is 3.87. The molecule has 2 heterocycles. The number of rotatable bonds is 1. The van der Waals surface area contributed by atoms with Gasteiger partial charge in [0.25, 0.3) is 0 Å². The highest BCUT2D eigenvalue weighted by Gasteiger charge is 2.28. The number of nitrogens with zero attached hydrogens (tertiary/aromatic N) is 5. The van der Waals surface area contributed by atoms with E-state index in [1.54, 1.807) is 0 Å². The van der Waals surface area contributed by atoms with E-state index in [0.717, 1.165) is 39.7 Å². The number of aryl methyl sites for hydroxylation is 1. The van der Waals surface area contributed by atoms with Gasteiger partial charge in [-0.25, -0.2) is 0 Å². The maximum absolute atomic E-state index is 9.05. The van der Waals surface area contributed by atoms with Gasteiger partial charge in [0.2, 0.25) is 0 Å². The molecule has 0 spiro atoms. The van der Waals surface area contributed by atoms with Gasteiger partial charge < -0.3 is 4.90 Å². The second-order valence-corrected chi connectivity index (χ2v) is 7.16. The van der Waals surface area contributed by atoms with Crippen LogP contribution in [0.4, 0.5) is 11.4 Å². The standard InChI is InChI=1S/C19H16BrN5/c1-12-11-24(16-6-3-14(10-21)4-7-16)18-9-15(20)5-8-17(18)25-13(2)22-23-19(12)25/h3-9,12H,11H2,1-2H3. The van der Waals surface area contributed by atoms with Crippen LogP contribution in [0.5, 0.6) is 0 Å². The molecule has 124 valence electrons. The molecule has 6 heteroatoms. The first-order chi connectivity index (χ1) is 12.1. The number of benzene rings is 2. The maximum Gasteiger partial charge on any atom is 0.142 e. The molecule has 3 aromatic rings. The molecule has 5 nitrogen and oxygen atoms in total. The van der Waals surface area contributed by atoms with Crippen molar-refractivity contribution in [1.29, 1.82) is 5.26 Å². The minimum atomic E-state index is 0.211. The Morgan fingerprint density at radius 2 is 1.88 bits per heavy atom. The highest BCUT2D eigenvalue weighted by molar-refractivity contribution is 9.10. The second kappa shape index (κ2) is 6.01. The molecule has 0 fully saturated rings. The highest BCUT2D eigenvalue weighted by Crippen LogP contribution is 2.39. The molecule has 0 saturated carbocycles. The Kier molecular flexibility index (Phi) is 3.81. The van der Waals surface area contributed by atoms with Gasteiger partial charge in [-0.15, -0.1) is 10.2 Å². The Labute approximate surface area is 154 Å². The van der Waals surface area contributed by atoms with Crippen LogP contribution in [-0.4, -0.2) is 21.3 Å².